The summed E-state index contributed by atoms with van der Waals surface area (Å²) in [4.78, 5) is 28.5. The van der Waals surface area contributed by atoms with Gasteiger partial charge in [0.25, 0.3) is 0 Å². The van der Waals surface area contributed by atoms with Gasteiger partial charge in [0.15, 0.2) is 0 Å². The van der Waals surface area contributed by atoms with Gasteiger partial charge in [0, 0.05) is 17.2 Å². The number of anilines is 1. The molecule has 0 radical (unpaired) electrons. The minimum Gasteiger partial charge on any atom is -0.384 e. The predicted octanol–water partition coefficient (Wildman–Crippen LogP) is 2.87. The van der Waals surface area contributed by atoms with Crippen molar-refractivity contribution in [3.63, 3.8) is 0 Å². The highest BCUT2D eigenvalue weighted by Gasteiger charge is 2.31. The van der Waals surface area contributed by atoms with E-state index in [4.69, 9.17) is 5.73 Å². The number of imide groups is 1. The van der Waals surface area contributed by atoms with Crippen LogP contribution in [-0.2, 0) is 9.59 Å². The summed E-state index contributed by atoms with van der Waals surface area (Å²) in [6.07, 6.45) is 0.787. The lowest BCUT2D eigenvalue weighted by molar-refractivity contribution is -0.135. The van der Waals surface area contributed by atoms with Crippen LogP contribution in [0.25, 0.3) is 21.9 Å². The second kappa shape index (κ2) is 5.58. The monoisotopic (exact) mass is 336 g/mol. The van der Waals surface area contributed by atoms with E-state index in [9.17, 15) is 9.59 Å². The number of fused-ring (bicyclic) bond motifs is 3. The molecule has 3 aromatic rings. The Hall–Kier alpha value is -2.89. The maximum absolute atomic E-state index is 12.5. The fraction of sp³-hybridized carbons (Fsp3) is 0.316. The van der Waals surface area contributed by atoms with Crippen molar-refractivity contribution in [2.75, 3.05) is 5.73 Å². The third-order valence-corrected chi connectivity index (χ3v) is 4.87. The number of carbonyl (C=O) groups excluding carboxylic acids is 2. The van der Waals surface area contributed by atoms with Gasteiger partial charge >= 0.3 is 0 Å². The van der Waals surface area contributed by atoms with E-state index in [1.807, 2.05) is 22.8 Å². The molecule has 25 heavy (non-hydrogen) atoms. The molecule has 3 N–H and O–H groups in total. The molecule has 1 fully saturated rings. The van der Waals surface area contributed by atoms with Gasteiger partial charge in [-0.2, -0.15) is 0 Å². The molecule has 1 aromatic carbocycles. The molecule has 1 aliphatic heterocycles. The molecule has 0 saturated carbocycles. The van der Waals surface area contributed by atoms with Crippen LogP contribution < -0.4 is 11.1 Å². The quantitative estimate of drug-likeness (QED) is 0.704. The number of benzene rings is 1. The predicted molar refractivity (Wildman–Crippen MR) is 97.2 cm³/mol. The molecule has 1 unspecified atom stereocenters. The van der Waals surface area contributed by atoms with Crippen molar-refractivity contribution < 1.29 is 9.59 Å². The molecule has 3 heterocycles. The number of hydrogen-bond acceptors (Lipinski definition) is 4. The maximum Gasteiger partial charge on any atom is 0.249 e. The van der Waals surface area contributed by atoms with Gasteiger partial charge in [-0.1, -0.05) is 26.0 Å². The van der Waals surface area contributed by atoms with Gasteiger partial charge in [0.05, 0.1) is 5.52 Å². The number of rotatable bonds is 2. The van der Waals surface area contributed by atoms with Gasteiger partial charge in [0.2, 0.25) is 11.8 Å². The minimum absolute atomic E-state index is 0.225. The number of nitrogens with one attached hydrogen (secondary N) is 1. The van der Waals surface area contributed by atoms with Crippen LogP contribution in [0.2, 0.25) is 0 Å². The molecule has 0 bridgehead atoms. The van der Waals surface area contributed by atoms with Crippen LogP contribution in [0.4, 0.5) is 5.82 Å². The molecular formula is C19H20N4O2. The molecule has 6 nitrogen and oxygen atoms in total. The van der Waals surface area contributed by atoms with Gasteiger partial charge in [-0.25, -0.2) is 4.98 Å². The lowest BCUT2D eigenvalue weighted by Crippen LogP contribution is -2.41. The number of pyridine rings is 1. The normalized spacial score (nSPS) is 18.3. The zero-order valence-corrected chi connectivity index (χ0v) is 14.2. The summed E-state index contributed by atoms with van der Waals surface area (Å²) < 4.78 is 1.94. The van der Waals surface area contributed by atoms with E-state index in [-0.39, 0.29) is 11.8 Å². The van der Waals surface area contributed by atoms with E-state index in [2.05, 4.69) is 30.2 Å². The Morgan fingerprint density at radius 3 is 2.76 bits per heavy atom. The van der Waals surface area contributed by atoms with Crippen molar-refractivity contribution in [2.45, 2.75) is 38.6 Å². The van der Waals surface area contributed by atoms with Crippen LogP contribution in [0.1, 0.15) is 44.2 Å². The van der Waals surface area contributed by atoms with Crippen LogP contribution in [0, 0.1) is 0 Å². The highest BCUT2D eigenvalue weighted by Crippen LogP contribution is 2.37. The smallest absolute Gasteiger partial charge is 0.249 e. The number of carbonyl (C=O) groups is 2. The summed E-state index contributed by atoms with van der Waals surface area (Å²) >= 11 is 0. The summed E-state index contributed by atoms with van der Waals surface area (Å²) in [5, 5.41) is 4.53. The molecule has 6 heteroatoms. The molecule has 4 rings (SSSR count). The van der Waals surface area contributed by atoms with Crippen molar-refractivity contribution in [1.29, 1.82) is 0 Å². The molecule has 1 aliphatic rings. The standard InChI is InChI=1S/C19H20N4O2/c1-10(2)11-4-3-5-13-17(11)12-6-8-15(20)21-18(12)23(13)14-7-9-16(24)22-19(14)25/h3-6,8,10,14H,7,9H2,1-2H3,(H2,20,21)(H,22,24,25). The second-order valence-electron chi connectivity index (χ2n) is 6.84. The maximum atomic E-state index is 12.5. The van der Waals surface area contributed by atoms with E-state index in [1.165, 1.54) is 5.56 Å². The summed E-state index contributed by atoms with van der Waals surface area (Å²) in [7, 11) is 0. The minimum atomic E-state index is -0.464. The number of piperidine rings is 1. The first-order valence-electron chi connectivity index (χ1n) is 8.50. The molecule has 128 valence electrons. The van der Waals surface area contributed by atoms with Gasteiger partial charge in [-0.15, -0.1) is 0 Å². The Balaban J connectivity index is 2.08. The van der Waals surface area contributed by atoms with E-state index >= 15 is 0 Å². The number of amides is 2. The van der Waals surface area contributed by atoms with Crippen LogP contribution >= 0.6 is 0 Å². The van der Waals surface area contributed by atoms with Gasteiger partial charge in [-0.05, 0) is 36.1 Å². The SMILES string of the molecule is CC(C)c1cccc2c1c1ccc(N)nc1n2C1CCC(=O)NC1=O. The number of nitrogens with two attached hydrogens (primary N) is 1. The van der Waals surface area contributed by atoms with E-state index in [1.54, 1.807) is 6.07 Å². The summed E-state index contributed by atoms with van der Waals surface area (Å²) in [6, 6.07) is 9.40. The summed E-state index contributed by atoms with van der Waals surface area (Å²) in [6.45, 7) is 4.29. The Morgan fingerprint density at radius 1 is 1.24 bits per heavy atom. The Kier molecular flexibility index (Phi) is 3.49. The Labute approximate surface area is 145 Å². The Morgan fingerprint density at radius 2 is 2.04 bits per heavy atom. The molecular weight excluding hydrogens is 316 g/mol. The van der Waals surface area contributed by atoms with Crippen LogP contribution in [0.5, 0.6) is 0 Å². The lowest BCUT2D eigenvalue weighted by Gasteiger charge is -2.23. The molecule has 0 aliphatic carbocycles. The average molecular weight is 336 g/mol. The van der Waals surface area contributed by atoms with Crippen molar-refractivity contribution >= 4 is 39.6 Å². The first kappa shape index (κ1) is 15.6. The first-order chi connectivity index (χ1) is 12.0. The largest absolute Gasteiger partial charge is 0.384 e. The zero-order chi connectivity index (χ0) is 17.7. The van der Waals surface area contributed by atoms with Gasteiger partial charge in [-0.3, -0.25) is 14.9 Å². The van der Waals surface area contributed by atoms with E-state index in [0.29, 0.717) is 30.2 Å². The van der Waals surface area contributed by atoms with Gasteiger partial charge < -0.3 is 10.3 Å². The zero-order valence-electron chi connectivity index (χ0n) is 14.2. The Bertz CT molecular complexity index is 1020. The van der Waals surface area contributed by atoms with Crippen molar-refractivity contribution in [2.24, 2.45) is 0 Å². The van der Waals surface area contributed by atoms with Crippen LogP contribution in [0.15, 0.2) is 30.3 Å². The average Bonchev–Trinajstić information content (AvgIpc) is 2.88. The lowest BCUT2D eigenvalue weighted by atomic mass is 9.97. The fourth-order valence-electron chi connectivity index (χ4n) is 3.73. The third kappa shape index (κ3) is 2.36. The molecule has 1 saturated heterocycles. The van der Waals surface area contributed by atoms with Crippen molar-refractivity contribution in [1.82, 2.24) is 14.9 Å². The molecule has 2 aromatic heterocycles. The highest BCUT2D eigenvalue weighted by molar-refractivity contribution is 6.10. The molecule has 2 amide bonds. The highest BCUT2D eigenvalue weighted by atomic mass is 16.2. The van der Waals surface area contributed by atoms with E-state index in [0.717, 1.165) is 16.3 Å². The molecule has 1 atom stereocenters. The van der Waals surface area contributed by atoms with Crippen LogP contribution in [0.3, 0.4) is 0 Å². The molecule has 0 spiro atoms. The number of aromatic nitrogens is 2. The van der Waals surface area contributed by atoms with Gasteiger partial charge in [0.1, 0.15) is 17.5 Å². The fourth-order valence-corrected chi connectivity index (χ4v) is 3.73. The topological polar surface area (TPSA) is 90.0 Å². The number of hydrogen-bond donors (Lipinski definition) is 2. The number of nitrogen functional groups attached to an aromatic ring is 1. The van der Waals surface area contributed by atoms with Crippen molar-refractivity contribution in [3.8, 4) is 0 Å². The summed E-state index contributed by atoms with van der Waals surface area (Å²) in [5.41, 5.74) is 8.77. The number of nitrogens with zero attached hydrogens (tertiary/aromatic N) is 2. The third-order valence-electron chi connectivity index (χ3n) is 4.87. The van der Waals surface area contributed by atoms with E-state index < -0.39 is 6.04 Å². The van der Waals surface area contributed by atoms with Crippen LogP contribution in [-0.4, -0.2) is 21.4 Å². The van der Waals surface area contributed by atoms with Crippen molar-refractivity contribution in [3.05, 3.63) is 35.9 Å². The summed E-state index contributed by atoms with van der Waals surface area (Å²) in [5.74, 6) is 0.239. The first-order valence-corrected chi connectivity index (χ1v) is 8.50. The second-order valence-corrected chi connectivity index (χ2v) is 6.84.